The van der Waals surface area contributed by atoms with E-state index in [2.05, 4.69) is 130 Å². The van der Waals surface area contributed by atoms with Gasteiger partial charge in [-0.15, -0.1) is 0 Å². The highest BCUT2D eigenvalue weighted by molar-refractivity contribution is 5.71. The van der Waals surface area contributed by atoms with Gasteiger partial charge in [-0.25, -0.2) is 0 Å². The fourth-order valence-corrected chi connectivity index (χ4v) is 7.18. The zero-order valence-corrected chi connectivity index (χ0v) is 44.5. The second-order valence-electron chi connectivity index (χ2n) is 18.1. The van der Waals surface area contributed by atoms with Crippen LogP contribution in [0.25, 0.3) is 0 Å². The quantitative estimate of drug-likeness (QED) is 0.0262. The van der Waals surface area contributed by atoms with E-state index in [0.717, 1.165) is 83.5 Å². The second-order valence-corrected chi connectivity index (χ2v) is 18.1. The summed E-state index contributed by atoms with van der Waals surface area (Å²) in [6.07, 6.45) is 77.7. The van der Waals surface area contributed by atoms with E-state index in [4.69, 9.17) is 14.2 Å². The van der Waals surface area contributed by atoms with Gasteiger partial charge in [0.05, 0.1) is 0 Å². The van der Waals surface area contributed by atoms with E-state index < -0.39 is 6.10 Å². The summed E-state index contributed by atoms with van der Waals surface area (Å²) in [6.45, 7) is 6.45. The molecule has 0 fully saturated rings. The van der Waals surface area contributed by atoms with Gasteiger partial charge >= 0.3 is 17.9 Å². The van der Waals surface area contributed by atoms with Crippen molar-refractivity contribution in [3.8, 4) is 0 Å². The molecule has 0 aromatic carbocycles. The highest BCUT2D eigenvalue weighted by Crippen LogP contribution is 2.12. The Morgan fingerprint density at radius 2 is 0.565 bits per heavy atom. The summed E-state index contributed by atoms with van der Waals surface area (Å²) >= 11 is 0. The molecular weight excluding hydrogens is 853 g/mol. The van der Waals surface area contributed by atoms with Crippen molar-refractivity contribution in [2.75, 3.05) is 13.2 Å². The first-order chi connectivity index (χ1) is 34.0. The van der Waals surface area contributed by atoms with E-state index in [0.29, 0.717) is 19.3 Å². The van der Waals surface area contributed by atoms with E-state index in [1.807, 2.05) is 12.2 Å². The molecule has 390 valence electrons. The van der Waals surface area contributed by atoms with Crippen molar-refractivity contribution >= 4 is 17.9 Å². The van der Waals surface area contributed by atoms with Crippen LogP contribution in [0.1, 0.15) is 239 Å². The first-order valence-corrected chi connectivity index (χ1v) is 28.0. The molecule has 0 aromatic heterocycles. The Balaban J connectivity index is 4.61. The predicted molar refractivity (Wildman–Crippen MR) is 297 cm³/mol. The van der Waals surface area contributed by atoms with E-state index in [-0.39, 0.29) is 44.0 Å². The van der Waals surface area contributed by atoms with Crippen LogP contribution in [0.4, 0.5) is 0 Å². The van der Waals surface area contributed by atoms with Crippen molar-refractivity contribution in [1.29, 1.82) is 0 Å². The lowest BCUT2D eigenvalue weighted by atomic mass is 10.1. The highest BCUT2D eigenvalue weighted by Gasteiger charge is 2.19. The SMILES string of the molecule is CCCCC/C=C\C/C=C\C/C=C\C/C=C\C/C=C\CCC(=O)OC[C@H](COC(=O)CCCCCCC/C=C\CCCCCCCC)OC(=O)CCC/C=C\C/C=C\C/C=C\C/C=C\CCCCC. The van der Waals surface area contributed by atoms with Crippen LogP contribution in [0.3, 0.4) is 0 Å². The van der Waals surface area contributed by atoms with Gasteiger partial charge in [-0.2, -0.15) is 0 Å². The Labute approximate surface area is 424 Å². The molecule has 0 bridgehead atoms. The molecule has 0 heterocycles. The minimum Gasteiger partial charge on any atom is -0.462 e. The minimum atomic E-state index is -0.843. The van der Waals surface area contributed by atoms with E-state index in [1.54, 1.807) is 0 Å². The molecule has 0 aliphatic heterocycles. The summed E-state index contributed by atoms with van der Waals surface area (Å²) in [7, 11) is 0. The summed E-state index contributed by atoms with van der Waals surface area (Å²) in [5.74, 6) is -1.08. The molecule has 0 unspecified atom stereocenters. The summed E-state index contributed by atoms with van der Waals surface area (Å²) < 4.78 is 16.7. The first-order valence-electron chi connectivity index (χ1n) is 28.0. The number of esters is 3. The molecule has 0 amide bonds. The van der Waals surface area contributed by atoms with Crippen LogP contribution in [-0.4, -0.2) is 37.2 Å². The fraction of sp³-hybridized carbons (Fsp3) is 0.635. The van der Waals surface area contributed by atoms with Crippen molar-refractivity contribution in [3.63, 3.8) is 0 Å². The van der Waals surface area contributed by atoms with Gasteiger partial charge in [-0.3, -0.25) is 14.4 Å². The number of hydrogen-bond donors (Lipinski definition) is 0. The second kappa shape index (κ2) is 56.4. The van der Waals surface area contributed by atoms with E-state index >= 15 is 0 Å². The monoisotopic (exact) mass is 955 g/mol. The largest absolute Gasteiger partial charge is 0.462 e. The van der Waals surface area contributed by atoms with Gasteiger partial charge in [-0.05, 0) is 122 Å². The lowest BCUT2D eigenvalue weighted by molar-refractivity contribution is -0.166. The average Bonchev–Trinajstić information content (AvgIpc) is 3.35. The van der Waals surface area contributed by atoms with Crippen LogP contribution in [0.5, 0.6) is 0 Å². The number of carbonyl (C=O) groups excluding carboxylic acids is 3. The standard InChI is InChI=1S/C63H102O6/c1-4-7-10-13-16-19-22-25-28-30-31-33-35-38-41-44-47-50-53-56-62(65)68-59-60(58-67-61(64)55-52-49-46-43-40-37-34-27-24-21-18-15-12-9-6-3)69-63(66)57-54-51-48-45-42-39-36-32-29-26-23-20-17-14-11-8-5-2/h16-17,19-20,25-29,31,33-34,36,38-39,41,45,47-48,50,60H,4-15,18,21-24,30,32,35,37,40,42-44,46,49,51-59H2,1-3H3/b19-16-,20-17-,28-25-,29-26-,33-31-,34-27-,39-36-,41-38-,48-45-,50-47-/t60-/m0/s1. The molecule has 6 nitrogen and oxygen atoms in total. The normalized spacial score (nSPS) is 13.0. The van der Waals surface area contributed by atoms with Crippen LogP contribution in [-0.2, 0) is 28.6 Å². The smallest absolute Gasteiger partial charge is 0.306 e. The Morgan fingerprint density at radius 3 is 0.986 bits per heavy atom. The number of rotatable bonds is 49. The fourth-order valence-electron chi connectivity index (χ4n) is 7.18. The van der Waals surface area contributed by atoms with Gasteiger partial charge in [0, 0.05) is 19.3 Å². The van der Waals surface area contributed by atoms with Gasteiger partial charge in [-0.1, -0.05) is 219 Å². The van der Waals surface area contributed by atoms with Gasteiger partial charge in [0.1, 0.15) is 13.2 Å². The van der Waals surface area contributed by atoms with E-state index in [1.165, 1.54) is 103 Å². The van der Waals surface area contributed by atoms with Crippen LogP contribution >= 0.6 is 0 Å². The summed E-state index contributed by atoms with van der Waals surface area (Å²) in [5.41, 5.74) is 0. The van der Waals surface area contributed by atoms with Gasteiger partial charge in [0.2, 0.25) is 0 Å². The molecule has 0 aromatic rings. The number of hydrogen-bond acceptors (Lipinski definition) is 6. The lowest BCUT2D eigenvalue weighted by Gasteiger charge is -2.18. The lowest BCUT2D eigenvalue weighted by Crippen LogP contribution is -2.30. The minimum absolute atomic E-state index is 0.130. The highest BCUT2D eigenvalue weighted by atomic mass is 16.6. The number of ether oxygens (including phenoxy) is 3. The Morgan fingerprint density at radius 1 is 0.290 bits per heavy atom. The van der Waals surface area contributed by atoms with Gasteiger partial charge in [0.15, 0.2) is 6.10 Å². The third-order valence-corrected chi connectivity index (χ3v) is 11.4. The summed E-state index contributed by atoms with van der Waals surface area (Å²) in [5, 5.41) is 0. The first kappa shape index (κ1) is 64.8. The predicted octanol–water partition coefficient (Wildman–Crippen LogP) is 18.9. The zero-order valence-electron chi connectivity index (χ0n) is 44.5. The van der Waals surface area contributed by atoms with Gasteiger partial charge in [0.25, 0.3) is 0 Å². The third-order valence-electron chi connectivity index (χ3n) is 11.4. The molecule has 0 spiro atoms. The average molecular weight is 956 g/mol. The third kappa shape index (κ3) is 54.6. The molecule has 6 heteroatoms. The molecular formula is C63H102O6. The van der Waals surface area contributed by atoms with Crippen LogP contribution < -0.4 is 0 Å². The summed E-state index contributed by atoms with van der Waals surface area (Å²) in [4.78, 5) is 38.1. The number of allylic oxidation sites excluding steroid dienone is 20. The molecule has 0 saturated carbocycles. The molecule has 0 aliphatic carbocycles. The van der Waals surface area contributed by atoms with Crippen molar-refractivity contribution < 1.29 is 28.6 Å². The van der Waals surface area contributed by atoms with Crippen LogP contribution in [0.15, 0.2) is 122 Å². The molecule has 1 atom stereocenters. The van der Waals surface area contributed by atoms with Crippen LogP contribution in [0.2, 0.25) is 0 Å². The van der Waals surface area contributed by atoms with Gasteiger partial charge < -0.3 is 14.2 Å². The van der Waals surface area contributed by atoms with Crippen molar-refractivity contribution in [3.05, 3.63) is 122 Å². The Kier molecular flexibility index (Phi) is 53.0. The van der Waals surface area contributed by atoms with Crippen molar-refractivity contribution in [2.24, 2.45) is 0 Å². The van der Waals surface area contributed by atoms with E-state index in [9.17, 15) is 14.4 Å². The van der Waals surface area contributed by atoms with Crippen molar-refractivity contribution in [1.82, 2.24) is 0 Å². The maximum absolute atomic E-state index is 12.8. The Bertz CT molecular complexity index is 1470. The maximum Gasteiger partial charge on any atom is 0.306 e. The number of unbranched alkanes of at least 4 members (excludes halogenated alkanes) is 18. The Hall–Kier alpha value is -4.19. The maximum atomic E-state index is 12.8. The molecule has 69 heavy (non-hydrogen) atoms. The topological polar surface area (TPSA) is 78.9 Å². The summed E-state index contributed by atoms with van der Waals surface area (Å²) in [6, 6.07) is 0. The molecule has 0 N–H and O–H groups in total. The zero-order chi connectivity index (χ0) is 50.0. The van der Waals surface area contributed by atoms with Crippen molar-refractivity contribution in [2.45, 2.75) is 245 Å². The molecule has 0 saturated heterocycles. The molecule has 0 aliphatic rings. The number of carbonyl (C=O) groups is 3. The molecule has 0 rings (SSSR count). The molecule has 0 radical (unpaired) electrons. The van der Waals surface area contributed by atoms with Crippen LogP contribution in [0, 0.1) is 0 Å².